The van der Waals surface area contributed by atoms with E-state index in [1.165, 1.54) is 28.0 Å². The molecule has 10 heteroatoms. The third kappa shape index (κ3) is 3.68. The van der Waals surface area contributed by atoms with Crippen LogP contribution in [0.1, 0.15) is 18.2 Å². The van der Waals surface area contributed by atoms with E-state index in [-0.39, 0.29) is 23.2 Å². The standard InChI is InChI=1S/C15H17FN6O2S/c1-3-21-9-14(11(2)18-21)25(23,24)20-15-17-10-22(19-15)8-12-6-4-5-7-13(12)16/h4-7,9-10H,3,8H2,1-2H3,(H,19,20). The zero-order chi connectivity index (χ0) is 18.0. The quantitative estimate of drug-likeness (QED) is 0.720. The van der Waals surface area contributed by atoms with Gasteiger partial charge in [-0.25, -0.2) is 22.2 Å². The van der Waals surface area contributed by atoms with E-state index >= 15 is 0 Å². The van der Waals surface area contributed by atoms with E-state index in [0.29, 0.717) is 17.8 Å². The second kappa shape index (κ2) is 6.63. The number of sulfonamides is 1. The number of hydrogen-bond acceptors (Lipinski definition) is 5. The Labute approximate surface area is 144 Å². The van der Waals surface area contributed by atoms with Crippen molar-refractivity contribution in [1.29, 1.82) is 0 Å². The summed E-state index contributed by atoms with van der Waals surface area (Å²) in [6.07, 6.45) is 2.79. The molecule has 1 N–H and O–H groups in total. The zero-order valence-electron chi connectivity index (χ0n) is 13.7. The molecule has 2 heterocycles. The molecule has 0 aliphatic carbocycles. The Morgan fingerprint density at radius 1 is 1.20 bits per heavy atom. The summed E-state index contributed by atoms with van der Waals surface area (Å²) in [7, 11) is -3.85. The lowest BCUT2D eigenvalue weighted by atomic mass is 10.2. The minimum atomic E-state index is -3.85. The van der Waals surface area contributed by atoms with Gasteiger partial charge in [0, 0.05) is 18.3 Å². The molecule has 8 nitrogen and oxygen atoms in total. The number of nitrogens with one attached hydrogen (secondary N) is 1. The second-order valence-electron chi connectivity index (χ2n) is 5.40. The van der Waals surface area contributed by atoms with Gasteiger partial charge < -0.3 is 0 Å². The highest BCUT2D eigenvalue weighted by Gasteiger charge is 2.22. The lowest BCUT2D eigenvalue weighted by Crippen LogP contribution is -2.15. The highest BCUT2D eigenvalue weighted by molar-refractivity contribution is 7.92. The molecule has 0 saturated carbocycles. The van der Waals surface area contributed by atoms with Crippen LogP contribution in [0.3, 0.4) is 0 Å². The van der Waals surface area contributed by atoms with Crippen molar-refractivity contribution in [2.24, 2.45) is 0 Å². The van der Waals surface area contributed by atoms with E-state index in [2.05, 4.69) is 19.9 Å². The van der Waals surface area contributed by atoms with Gasteiger partial charge in [-0.15, -0.1) is 5.10 Å². The average molecular weight is 364 g/mol. The molecule has 132 valence electrons. The first-order valence-electron chi connectivity index (χ1n) is 7.59. The van der Waals surface area contributed by atoms with Crippen molar-refractivity contribution in [3.8, 4) is 0 Å². The zero-order valence-corrected chi connectivity index (χ0v) is 14.5. The van der Waals surface area contributed by atoms with Crippen LogP contribution in [0.5, 0.6) is 0 Å². The first kappa shape index (κ1) is 17.1. The van der Waals surface area contributed by atoms with Gasteiger partial charge in [-0.05, 0) is 19.9 Å². The molecule has 0 atom stereocenters. The Kier molecular flexibility index (Phi) is 4.53. The average Bonchev–Trinajstić information content (AvgIpc) is 3.16. The van der Waals surface area contributed by atoms with Crippen molar-refractivity contribution >= 4 is 16.0 Å². The molecule has 0 aliphatic heterocycles. The van der Waals surface area contributed by atoms with Gasteiger partial charge in [-0.1, -0.05) is 18.2 Å². The minimum Gasteiger partial charge on any atom is -0.271 e. The molecule has 0 saturated heterocycles. The Hall–Kier alpha value is -2.75. The van der Waals surface area contributed by atoms with Gasteiger partial charge in [0.1, 0.15) is 17.0 Å². The van der Waals surface area contributed by atoms with Crippen LogP contribution < -0.4 is 4.72 Å². The van der Waals surface area contributed by atoms with Crippen molar-refractivity contribution in [2.75, 3.05) is 4.72 Å². The molecular weight excluding hydrogens is 347 g/mol. The summed E-state index contributed by atoms with van der Waals surface area (Å²) in [5.74, 6) is -0.442. The fourth-order valence-corrected chi connectivity index (χ4v) is 3.45. The van der Waals surface area contributed by atoms with Gasteiger partial charge in [0.2, 0.25) is 0 Å². The summed E-state index contributed by atoms with van der Waals surface area (Å²) in [6.45, 7) is 4.19. The predicted molar refractivity (Wildman–Crippen MR) is 89.0 cm³/mol. The topological polar surface area (TPSA) is 94.7 Å². The molecule has 3 rings (SSSR count). The number of aryl methyl sites for hydroxylation is 2. The maximum Gasteiger partial charge on any atom is 0.267 e. The van der Waals surface area contributed by atoms with Crippen LogP contribution in [0.15, 0.2) is 41.7 Å². The summed E-state index contributed by atoms with van der Waals surface area (Å²) >= 11 is 0. The predicted octanol–water partition coefficient (Wildman–Crippen LogP) is 1.79. The third-order valence-corrected chi connectivity index (χ3v) is 5.00. The van der Waals surface area contributed by atoms with Crippen molar-refractivity contribution in [3.05, 3.63) is 53.9 Å². The molecule has 0 bridgehead atoms. The summed E-state index contributed by atoms with van der Waals surface area (Å²) in [6, 6.07) is 6.29. The number of rotatable bonds is 6. The lowest BCUT2D eigenvalue weighted by Gasteiger charge is -2.03. The van der Waals surface area contributed by atoms with E-state index in [0.717, 1.165) is 0 Å². The third-order valence-electron chi connectivity index (χ3n) is 3.57. The molecule has 0 radical (unpaired) electrons. The summed E-state index contributed by atoms with van der Waals surface area (Å²) in [5, 5.41) is 8.15. The Bertz CT molecular complexity index is 995. The monoisotopic (exact) mass is 364 g/mol. The fourth-order valence-electron chi connectivity index (χ4n) is 2.32. The number of nitrogens with zero attached hydrogens (tertiary/aromatic N) is 5. The van der Waals surface area contributed by atoms with Crippen molar-refractivity contribution in [2.45, 2.75) is 31.8 Å². The van der Waals surface area contributed by atoms with Crippen LogP contribution in [0.4, 0.5) is 10.3 Å². The van der Waals surface area contributed by atoms with Crippen LogP contribution in [0, 0.1) is 12.7 Å². The highest BCUT2D eigenvalue weighted by atomic mass is 32.2. The Morgan fingerprint density at radius 3 is 2.64 bits per heavy atom. The van der Waals surface area contributed by atoms with Gasteiger partial charge in [0.25, 0.3) is 16.0 Å². The number of benzene rings is 1. The van der Waals surface area contributed by atoms with E-state index in [1.807, 2.05) is 6.92 Å². The molecule has 0 unspecified atom stereocenters. The van der Waals surface area contributed by atoms with Crippen LogP contribution in [-0.4, -0.2) is 33.0 Å². The number of halogens is 1. The molecule has 25 heavy (non-hydrogen) atoms. The van der Waals surface area contributed by atoms with Gasteiger partial charge in [0.15, 0.2) is 0 Å². The van der Waals surface area contributed by atoms with Crippen molar-refractivity contribution < 1.29 is 12.8 Å². The van der Waals surface area contributed by atoms with Crippen molar-refractivity contribution in [1.82, 2.24) is 24.5 Å². The molecule has 0 spiro atoms. The Morgan fingerprint density at radius 2 is 1.96 bits per heavy atom. The molecule has 2 aromatic heterocycles. The largest absolute Gasteiger partial charge is 0.271 e. The molecule has 0 aliphatic rings. The van der Waals surface area contributed by atoms with Gasteiger partial charge in [-0.3, -0.25) is 4.68 Å². The van der Waals surface area contributed by atoms with Crippen LogP contribution in [0.25, 0.3) is 0 Å². The van der Waals surface area contributed by atoms with E-state index in [1.54, 1.807) is 25.1 Å². The van der Waals surface area contributed by atoms with Gasteiger partial charge in [0.05, 0.1) is 12.2 Å². The van der Waals surface area contributed by atoms with Gasteiger partial charge in [-0.2, -0.15) is 10.1 Å². The molecule has 1 aromatic carbocycles. The molecule has 3 aromatic rings. The minimum absolute atomic E-state index is 0.0693. The van der Waals surface area contributed by atoms with E-state index in [9.17, 15) is 12.8 Å². The highest BCUT2D eigenvalue weighted by Crippen LogP contribution is 2.16. The van der Waals surface area contributed by atoms with Crippen LogP contribution in [0.2, 0.25) is 0 Å². The van der Waals surface area contributed by atoms with E-state index in [4.69, 9.17) is 0 Å². The fraction of sp³-hybridized carbons (Fsp3) is 0.267. The molecular formula is C15H17FN6O2S. The first-order valence-corrected chi connectivity index (χ1v) is 9.07. The molecule has 0 amide bonds. The number of aromatic nitrogens is 5. The van der Waals surface area contributed by atoms with E-state index < -0.39 is 10.0 Å². The van der Waals surface area contributed by atoms with Crippen molar-refractivity contribution in [3.63, 3.8) is 0 Å². The maximum atomic E-state index is 13.7. The van der Waals surface area contributed by atoms with Gasteiger partial charge >= 0.3 is 0 Å². The number of hydrogen-bond donors (Lipinski definition) is 1. The lowest BCUT2D eigenvalue weighted by molar-refractivity contribution is 0.584. The Balaban J connectivity index is 1.78. The summed E-state index contributed by atoms with van der Waals surface area (Å²) in [4.78, 5) is 3.99. The maximum absolute atomic E-state index is 13.7. The smallest absolute Gasteiger partial charge is 0.267 e. The van der Waals surface area contributed by atoms with Crippen LogP contribution >= 0.6 is 0 Å². The SMILES string of the molecule is CCn1cc(S(=O)(=O)Nc2ncn(Cc3ccccc3F)n2)c(C)n1. The normalized spacial score (nSPS) is 11.6. The molecule has 0 fully saturated rings. The first-order chi connectivity index (χ1) is 11.9. The second-order valence-corrected chi connectivity index (χ2v) is 7.05. The summed E-state index contributed by atoms with van der Waals surface area (Å²) < 4.78 is 43.8. The number of anilines is 1. The summed E-state index contributed by atoms with van der Waals surface area (Å²) in [5.41, 5.74) is 0.821. The van der Waals surface area contributed by atoms with Crippen LogP contribution in [-0.2, 0) is 23.1 Å².